The maximum atomic E-state index is 5.86. The van der Waals surface area contributed by atoms with E-state index in [1.807, 2.05) is 12.1 Å². The van der Waals surface area contributed by atoms with Crippen LogP contribution in [-0.2, 0) is 4.74 Å². The molecular formula is C13H21ClN2O. The van der Waals surface area contributed by atoms with Crippen molar-refractivity contribution in [1.29, 1.82) is 0 Å². The molecule has 0 saturated heterocycles. The highest BCUT2D eigenvalue weighted by Crippen LogP contribution is 2.19. The van der Waals surface area contributed by atoms with Gasteiger partial charge >= 0.3 is 0 Å². The summed E-state index contributed by atoms with van der Waals surface area (Å²) in [7, 11) is 1.72. The number of methoxy groups -OCH3 is 1. The molecule has 0 bridgehead atoms. The first-order chi connectivity index (χ1) is 8.22. The highest BCUT2D eigenvalue weighted by Gasteiger charge is 2.16. The Balaban J connectivity index is 2.84. The lowest BCUT2D eigenvalue weighted by Crippen LogP contribution is -2.37. The first kappa shape index (κ1) is 14.3. The highest BCUT2D eigenvalue weighted by molar-refractivity contribution is 6.30. The minimum atomic E-state index is 0.499. The Morgan fingerprint density at radius 2 is 2.06 bits per heavy atom. The predicted octanol–water partition coefficient (Wildman–Crippen LogP) is 3.38. The molecule has 1 aromatic rings. The average Bonchev–Trinajstić information content (AvgIpc) is 2.36. The molecule has 0 aliphatic heterocycles. The number of rotatable bonds is 7. The summed E-state index contributed by atoms with van der Waals surface area (Å²) >= 11 is 5.86. The van der Waals surface area contributed by atoms with Gasteiger partial charge < -0.3 is 9.64 Å². The van der Waals surface area contributed by atoms with Crippen LogP contribution < -0.4 is 4.90 Å². The predicted molar refractivity (Wildman–Crippen MR) is 72.8 cm³/mol. The number of hydrogen-bond donors (Lipinski definition) is 0. The molecule has 96 valence electrons. The third-order valence-electron chi connectivity index (χ3n) is 2.93. The number of halogens is 1. The van der Waals surface area contributed by atoms with Gasteiger partial charge in [0.2, 0.25) is 0 Å². The number of nitrogens with zero attached hydrogens (tertiary/aromatic N) is 2. The number of aromatic nitrogens is 1. The zero-order valence-corrected chi connectivity index (χ0v) is 11.6. The van der Waals surface area contributed by atoms with Gasteiger partial charge in [0.1, 0.15) is 5.82 Å². The summed E-state index contributed by atoms with van der Waals surface area (Å²) in [6.45, 7) is 5.96. The van der Waals surface area contributed by atoms with Crippen molar-refractivity contribution in [1.82, 2.24) is 4.98 Å². The Kier molecular flexibility index (Phi) is 6.30. The fraction of sp³-hybridized carbons (Fsp3) is 0.615. The van der Waals surface area contributed by atoms with Crippen molar-refractivity contribution < 1.29 is 4.74 Å². The average molecular weight is 257 g/mol. The molecule has 0 unspecified atom stereocenters. The SMILES string of the molecule is CCC(CC)N(CCOC)c1ccc(Cl)cn1. The van der Waals surface area contributed by atoms with E-state index in [4.69, 9.17) is 16.3 Å². The van der Waals surface area contributed by atoms with Gasteiger partial charge in [-0.15, -0.1) is 0 Å². The number of anilines is 1. The fourth-order valence-electron chi connectivity index (χ4n) is 1.94. The largest absolute Gasteiger partial charge is 0.383 e. The molecule has 0 amide bonds. The Labute approximate surface area is 109 Å². The van der Waals surface area contributed by atoms with Crippen molar-refractivity contribution in [2.24, 2.45) is 0 Å². The van der Waals surface area contributed by atoms with Gasteiger partial charge in [0, 0.05) is 25.9 Å². The van der Waals surface area contributed by atoms with Gasteiger partial charge in [0.15, 0.2) is 0 Å². The van der Waals surface area contributed by atoms with Crippen LogP contribution >= 0.6 is 11.6 Å². The van der Waals surface area contributed by atoms with E-state index in [9.17, 15) is 0 Å². The van der Waals surface area contributed by atoms with E-state index in [2.05, 4.69) is 23.7 Å². The van der Waals surface area contributed by atoms with Gasteiger partial charge in [0.05, 0.1) is 11.6 Å². The van der Waals surface area contributed by atoms with E-state index >= 15 is 0 Å². The molecule has 1 heterocycles. The van der Waals surface area contributed by atoms with E-state index in [1.165, 1.54) is 0 Å². The van der Waals surface area contributed by atoms with E-state index in [-0.39, 0.29) is 0 Å². The zero-order chi connectivity index (χ0) is 12.7. The van der Waals surface area contributed by atoms with Crippen LogP contribution in [0.3, 0.4) is 0 Å². The highest BCUT2D eigenvalue weighted by atomic mass is 35.5. The molecule has 4 heteroatoms. The van der Waals surface area contributed by atoms with Crippen molar-refractivity contribution in [2.75, 3.05) is 25.2 Å². The van der Waals surface area contributed by atoms with Gasteiger partial charge in [-0.25, -0.2) is 4.98 Å². The van der Waals surface area contributed by atoms with Crippen molar-refractivity contribution in [2.45, 2.75) is 32.7 Å². The van der Waals surface area contributed by atoms with Crippen molar-refractivity contribution in [3.63, 3.8) is 0 Å². The lowest BCUT2D eigenvalue weighted by Gasteiger charge is -2.31. The Bertz CT molecular complexity index is 312. The van der Waals surface area contributed by atoms with Crippen LogP contribution in [0.2, 0.25) is 5.02 Å². The van der Waals surface area contributed by atoms with E-state index in [0.29, 0.717) is 17.7 Å². The molecule has 0 saturated carbocycles. The topological polar surface area (TPSA) is 25.4 Å². The van der Waals surface area contributed by atoms with Crippen LogP contribution in [-0.4, -0.2) is 31.3 Å². The molecule has 17 heavy (non-hydrogen) atoms. The molecule has 0 aromatic carbocycles. The first-order valence-electron chi connectivity index (χ1n) is 6.10. The van der Waals surface area contributed by atoms with Crippen LogP contribution in [0.25, 0.3) is 0 Å². The molecule has 0 N–H and O–H groups in total. The molecule has 0 aliphatic rings. The van der Waals surface area contributed by atoms with Crippen LogP contribution in [0.15, 0.2) is 18.3 Å². The molecule has 0 spiro atoms. The summed E-state index contributed by atoms with van der Waals surface area (Å²) < 4.78 is 5.16. The monoisotopic (exact) mass is 256 g/mol. The molecule has 0 aliphatic carbocycles. The summed E-state index contributed by atoms with van der Waals surface area (Å²) in [5.41, 5.74) is 0. The fourth-order valence-corrected chi connectivity index (χ4v) is 2.05. The van der Waals surface area contributed by atoms with E-state index in [0.717, 1.165) is 25.2 Å². The summed E-state index contributed by atoms with van der Waals surface area (Å²) in [5, 5.41) is 0.671. The van der Waals surface area contributed by atoms with Gasteiger partial charge in [-0.05, 0) is 25.0 Å². The maximum Gasteiger partial charge on any atom is 0.128 e. The molecule has 0 radical (unpaired) electrons. The van der Waals surface area contributed by atoms with Crippen LogP contribution in [0, 0.1) is 0 Å². The molecular weight excluding hydrogens is 236 g/mol. The Morgan fingerprint density at radius 1 is 1.35 bits per heavy atom. The molecule has 3 nitrogen and oxygen atoms in total. The number of hydrogen-bond acceptors (Lipinski definition) is 3. The minimum absolute atomic E-state index is 0.499. The van der Waals surface area contributed by atoms with Gasteiger partial charge in [0.25, 0.3) is 0 Å². The lowest BCUT2D eigenvalue weighted by molar-refractivity contribution is 0.202. The van der Waals surface area contributed by atoms with Crippen LogP contribution in [0.1, 0.15) is 26.7 Å². The molecule has 0 fully saturated rings. The second kappa shape index (κ2) is 7.51. The van der Waals surface area contributed by atoms with E-state index < -0.39 is 0 Å². The number of pyridine rings is 1. The second-order valence-corrected chi connectivity index (χ2v) is 4.43. The second-order valence-electron chi connectivity index (χ2n) is 3.99. The van der Waals surface area contributed by atoms with Crippen LogP contribution in [0.4, 0.5) is 5.82 Å². The smallest absolute Gasteiger partial charge is 0.128 e. The summed E-state index contributed by atoms with van der Waals surface area (Å²) in [5.74, 6) is 0.972. The maximum absolute atomic E-state index is 5.86. The van der Waals surface area contributed by atoms with Crippen molar-refractivity contribution >= 4 is 17.4 Å². The lowest BCUT2D eigenvalue weighted by atomic mass is 10.1. The zero-order valence-electron chi connectivity index (χ0n) is 10.8. The van der Waals surface area contributed by atoms with Gasteiger partial charge in [-0.2, -0.15) is 0 Å². The van der Waals surface area contributed by atoms with Crippen molar-refractivity contribution in [3.8, 4) is 0 Å². The summed E-state index contributed by atoms with van der Waals surface area (Å²) in [6, 6.07) is 4.35. The third-order valence-corrected chi connectivity index (χ3v) is 3.15. The molecule has 0 atom stereocenters. The van der Waals surface area contributed by atoms with E-state index in [1.54, 1.807) is 13.3 Å². The summed E-state index contributed by atoms with van der Waals surface area (Å²) in [4.78, 5) is 6.68. The van der Waals surface area contributed by atoms with Gasteiger partial charge in [-0.3, -0.25) is 0 Å². The summed E-state index contributed by atoms with van der Waals surface area (Å²) in [6.07, 6.45) is 3.90. The van der Waals surface area contributed by atoms with Crippen molar-refractivity contribution in [3.05, 3.63) is 23.4 Å². The molecule has 1 rings (SSSR count). The normalized spacial score (nSPS) is 10.9. The standard InChI is InChI=1S/C13H21ClN2O/c1-4-12(5-2)16(8-9-17-3)13-7-6-11(14)10-15-13/h6-7,10,12H,4-5,8-9H2,1-3H3. The molecule has 1 aromatic heterocycles. The number of ether oxygens (including phenoxy) is 1. The van der Waals surface area contributed by atoms with Crippen LogP contribution in [0.5, 0.6) is 0 Å². The Hall–Kier alpha value is -0.800. The first-order valence-corrected chi connectivity index (χ1v) is 6.47. The quantitative estimate of drug-likeness (QED) is 0.748. The minimum Gasteiger partial charge on any atom is -0.383 e. The van der Waals surface area contributed by atoms with Gasteiger partial charge in [-0.1, -0.05) is 25.4 Å². The Morgan fingerprint density at radius 3 is 2.53 bits per heavy atom. The third kappa shape index (κ3) is 4.17.